The lowest BCUT2D eigenvalue weighted by atomic mass is 9.93. The van der Waals surface area contributed by atoms with Crippen LogP contribution in [0.5, 0.6) is 0 Å². The van der Waals surface area contributed by atoms with Gasteiger partial charge in [-0.1, -0.05) is 32.9 Å². The molecule has 2 N–H and O–H groups in total. The number of amides is 3. The van der Waals surface area contributed by atoms with Gasteiger partial charge in [-0.05, 0) is 99.7 Å². The van der Waals surface area contributed by atoms with Crippen molar-refractivity contribution in [1.82, 2.24) is 34.9 Å². The monoisotopic (exact) mass is 637 g/mol. The molecule has 6 rings (SSSR count). The molecule has 2 saturated heterocycles. The average molecular weight is 638 g/mol. The van der Waals surface area contributed by atoms with E-state index in [0.29, 0.717) is 34.6 Å². The lowest BCUT2D eigenvalue weighted by Gasteiger charge is -2.29. The van der Waals surface area contributed by atoms with Gasteiger partial charge in [0.1, 0.15) is 0 Å². The van der Waals surface area contributed by atoms with Gasteiger partial charge in [-0.2, -0.15) is 0 Å². The summed E-state index contributed by atoms with van der Waals surface area (Å²) < 4.78 is 1.83. The summed E-state index contributed by atoms with van der Waals surface area (Å²) in [7, 11) is 0. The molecule has 2 aliphatic rings. The van der Waals surface area contributed by atoms with Gasteiger partial charge in [0.2, 0.25) is 0 Å². The van der Waals surface area contributed by atoms with E-state index in [-0.39, 0.29) is 23.1 Å². The molecule has 47 heavy (non-hydrogen) atoms. The van der Waals surface area contributed by atoms with Crippen molar-refractivity contribution in [1.29, 1.82) is 0 Å². The summed E-state index contributed by atoms with van der Waals surface area (Å²) in [6.07, 6.45) is 6.75. The van der Waals surface area contributed by atoms with Crippen LogP contribution in [0, 0.1) is 6.92 Å². The molecule has 0 aliphatic carbocycles. The third kappa shape index (κ3) is 6.96. The zero-order valence-corrected chi connectivity index (χ0v) is 28.4. The first-order valence-electron chi connectivity index (χ1n) is 17.1. The van der Waals surface area contributed by atoms with Crippen LogP contribution < -0.4 is 5.32 Å². The molecule has 2 fully saturated rings. The lowest BCUT2D eigenvalue weighted by molar-refractivity contribution is 0.0711. The minimum Gasteiger partial charge on any atom is -0.342 e. The fraction of sp³-hybridized carbons (Fsp3) is 0.486. The summed E-state index contributed by atoms with van der Waals surface area (Å²) in [6.45, 7) is 13.2. The Morgan fingerprint density at radius 2 is 1.49 bits per heavy atom. The number of hydrogen-bond acceptors (Lipinski definition) is 5. The van der Waals surface area contributed by atoms with E-state index in [4.69, 9.17) is 0 Å². The van der Waals surface area contributed by atoms with Gasteiger partial charge in [-0.3, -0.25) is 19.5 Å². The van der Waals surface area contributed by atoms with E-state index in [9.17, 15) is 14.4 Å². The van der Waals surface area contributed by atoms with E-state index in [1.807, 2.05) is 70.6 Å². The van der Waals surface area contributed by atoms with Crippen molar-refractivity contribution in [3.05, 3.63) is 87.4 Å². The first-order chi connectivity index (χ1) is 22.5. The van der Waals surface area contributed by atoms with Gasteiger partial charge in [0.15, 0.2) is 11.5 Å². The summed E-state index contributed by atoms with van der Waals surface area (Å²) in [6, 6.07) is 13.0. The second-order valence-electron chi connectivity index (χ2n) is 14.3. The van der Waals surface area contributed by atoms with Gasteiger partial charge < -0.3 is 15.1 Å². The normalized spacial score (nSPS) is 16.4. The van der Waals surface area contributed by atoms with Gasteiger partial charge in [0.05, 0.1) is 6.04 Å². The summed E-state index contributed by atoms with van der Waals surface area (Å²) in [4.78, 5) is 44.8. The Kier molecular flexibility index (Phi) is 9.21. The van der Waals surface area contributed by atoms with Crippen LogP contribution in [0.2, 0.25) is 0 Å². The molecular weight excluding hydrogens is 590 g/mol. The van der Waals surface area contributed by atoms with Crippen LogP contribution in [0.3, 0.4) is 0 Å². The number of nitrogens with zero attached hydrogens (tertiary/aromatic N) is 5. The van der Waals surface area contributed by atoms with E-state index in [0.717, 1.165) is 87.1 Å². The molecule has 248 valence electrons. The second kappa shape index (κ2) is 13.3. The average Bonchev–Trinajstić information content (AvgIpc) is 3.68. The smallest absolute Gasteiger partial charge is 0.254 e. The first kappa shape index (κ1) is 32.5. The number of carbonyl (C=O) groups is 3. The van der Waals surface area contributed by atoms with Gasteiger partial charge >= 0.3 is 0 Å². The third-order valence-electron chi connectivity index (χ3n) is 9.57. The molecule has 2 aromatic heterocycles. The SMILES string of the molecule is Cc1ccc(Cc2cc(C(=O)N3CCCCC3)ccc2C(=O)N2CCCCC2)cc1C(=O)NC(C)c1nnc2cc(C(C)(C)C)[nH]n12. The van der Waals surface area contributed by atoms with Crippen molar-refractivity contribution in [2.24, 2.45) is 0 Å². The number of rotatable bonds is 7. The number of carbonyl (C=O) groups excluding carboxylic acids is 3. The number of nitrogens with one attached hydrogen (secondary N) is 2. The number of aromatic nitrogens is 4. The fourth-order valence-electron chi connectivity index (χ4n) is 6.67. The van der Waals surface area contributed by atoms with E-state index in [2.05, 4.69) is 41.4 Å². The second-order valence-corrected chi connectivity index (χ2v) is 14.3. The lowest BCUT2D eigenvalue weighted by Crippen LogP contribution is -2.37. The van der Waals surface area contributed by atoms with Crippen LogP contribution in [0.15, 0.2) is 42.5 Å². The molecule has 0 spiro atoms. The number of aryl methyl sites for hydroxylation is 1. The Bertz CT molecular complexity index is 1780. The van der Waals surface area contributed by atoms with E-state index < -0.39 is 6.04 Å². The molecule has 2 aromatic carbocycles. The minimum absolute atomic E-state index is 0.00845. The Morgan fingerprint density at radius 1 is 0.830 bits per heavy atom. The van der Waals surface area contributed by atoms with Crippen molar-refractivity contribution in [3.8, 4) is 0 Å². The predicted octanol–water partition coefficient (Wildman–Crippen LogP) is 6.00. The number of aromatic amines is 1. The predicted molar refractivity (Wildman–Crippen MR) is 182 cm³/mol. The van der Waals surface area contributed by atoms with Gasteiger partial charge in [0.25, 0.3) is 17.7 Å². The largest absolute Gasteiger partial charge is 0.342 e. The van der Waals surface area contributed by atoms with Crippen LogP contribution in [0.4, 0.5) is 0 Å². The number of benzene rings is 2. The maximum absolute atomic E-state index is 13.8. The van der Waals surface area contributed by atoms with Crippen molar-refractivity contribution in [3.63, 3.8) is 0 Å². The molecular formula is C37H47N7O3. The van der Waals surface area contributed by atoms with Crippen molar-refractivity contribution >= 4 is 23.4 Å². The summed E-state index contributed by atoms with van der Waals surface area (Å²) in [5, 5.41) is 15.1. The molecule has 4 heterocycles. The number of likely N-dealkylation sites (tertiary alicyclic amines) is 2. The van der Waals surface area contributed by atoms with Crippen LogP contribution in [0.25, 0.3) is 5.65 Å². The Balaban J connectivity index is 1.26. The summed E-state index contributed by atoms with van der Waals surface area (Å²) in [5.41, 5.74) is 5.99. The zero-order valence-electron chi connectivity index (χ0n) is 28.4. The maximum atomic E-state index is 13.8. The molecule has 10 heteroatoms. The molecule has 10 nitrogen and oxygen atoms in total. The summed E-state index contributed by atoms with van der Waals surface area (Å²) >= 11 is 0. The Hall–Kier alpha value is -4.47. The highest BCUT2D eigenvalue weighted by Gasteiger charge is 2.26. The number of fused-ring (bicyclic) bond motifs is 1. The minimum atomic E-state index is -0.404. The van der Waals surface area contributed by atoms with E-state index in [1.165, 1.54) is 0 Å². The molecule has 2 aliphatic heterocycles. The number of hydrogen-bond donors (Lipinski definition) is 2. The highest BCUT2D eigenvalue weighted by molar-refractivity contribution is 5.99. The first-order valence-corrected chi connectivity index (χ1v) is 17.1. The molecule has 0 radical (unpaired) electrons. The standard InChI is InChI=1S/C37H47N7O3/c1-24-12-13-26(21-30(24)34(45)38-25(2)33-40-39-32-23-31(37(3,4)5)41-44(32)33)20-28-22-27(35(46)42-16-8-6-9-17-42)14-15-29(28)36(47)43-18-10-7-11-19-43/h12-15,21-23,25,41H,6-11,16-20H2,1-5H3,(H,38,45). The van der Waals surface area contributed by atoms with Crippen LogP contribution >= 0.6 is 0 Å². The van der Waals surface area contributed by atoms with Gasteiger partial charge in [0, 0.05) is 60.0 Å². The molecule has 0 saturated carbocycles. The van der Waals surface area contributed by atoms with Crippen LogP contribution in [0.1, 0.15) is 132 Å². The highest BCUT2D eigenvalue weighted by atomic mass is 16.2. The summed E-state index contributed by atoms with van der Waals surface area (Å²) in [5.74, 6) is 0.429. The fourth-order valence-corrected chi connectivity index (χ4v) is 6.67. The van der Waals surface area contributed by atoms with Gasteiger partial charge in [-0.25, -0.2) is 4.52 Å². The van der Waals surface area contributed by atoms with Crippen molar-refractivity contribution in [2.75, 3.05) is 26.2 Å². The van der Waals surface area contributed by atoms with Crippen LogP contribution in [-0.2, 0) is 11.8 Å². The maximum Gasteiger partial charge on any atom is 0.254 e. The number of piperidine rings is 2. The molecule has 3 amide bonds. The van der Waals surface area contributed by atoms with E-state index >= 15 is 0 Å². The third-order valence-corrected chi connectivity index (χ3v) is 9.57. The van der Waals surface area contributed by atoms with E-state index in [1.54, 1.807) is 0 Å². The molecule has 0 bridgehead atoms. The number of H-pyrrole nitrogens is 1. The zero-order chi connectivity index (χ0) is 33.3. The molecule has 1 unspecified atom stereocenters. The molecule has 1 atom stereocenters. The topological polar surface area (TPSA) is 116 Å². The Labute approximate surface area is 276 Å². The van der Waals surface area contributed by atoms with Crippen molar-refractivity contribution in [2.45, 2.75) is 91.0 Å². The van der Waals surface area contributed by atoms with Crippen molar-refractivity contribution < 1.29 is 14.4 Å². The highest BCUT2D eigenvalue weighted by Crippen LogP contribution is 2.26. The molecule has 4 aromatic rings. The quantitative estimate of drug-likeness (QED) is 0.258. The van der Waals surface area contributed by atoms with Crippen LogP contribution in [-0.4, -0.2) is 73.5 Å². The van der Waals surface area contributed by atoms with Gasteiger partial charge in [-0.15, -0.1) is 10.2 Å². The Morgan fingerprint density at radius 3 is 2.15 bits per heavy atom.